The quantitative estimate of drug-likeness (QED) is 0.0458. The molecule has 6 atom stereocenters. The van der Waals surface area contributed by atoms with Crippen molar-refractivity contribution in [3.63, 3.8) is 0 Å². The van der Waals surface area contributed by atoms with Gasteiger partial charge in [-0.1, -0.05) is 109 Å². The number of nitrogens with zero attached hydrogens (tertiary/aromatic N) is 1. The van der Waals surface area contributed by atoms with Crippen LogP contribution < -0.4 is 16.0 Å². The van der Waals surface area contributed by atoms with Crippen molar-refractivity contribution in [3.8, 4) is 22.3 Å². The average Bonchev–Trinajstić information content (AvgIpc) is 4.13. The van der Waals surface area contributed by atoms with Crippen LogP contribution in [0.5, 0.6) is 0 Å². The van der Waals surface area contributed by atoms with E-state index in [0.717, 1.165) is 114 Å². The summed E-state index contributed by atoms with van der Waals surface area (Å²) in [6.45, 7) is 6.77. The highest BCUT2D eigenvalue weighted by Crippen LogP contribution is 2.31. The molecule has 3 aliphatic heterocycles. The summed E-state index contributed by atoms with van der Waals surface area (Å²) in [6, 6.07) is 42.2. The zero-order valence-electron chi connectivity index (χ0n) is 36.6. The van der Waals surface area contributed by atoms with Gasteiger partial charge in [0.05, 0.1) is 17.8 Å². The van der Waals surface area contributed by atoms with Crippen LogP contribution >= 0.6 is 0 Å². The van der Waals surface area contributed by atoms with Crippen LogP contribution in [0.4, 0.5) is 0 Å². The first-order valence-electron chi connectivity index (χ1n) is 23.1. The van der Waals surface area contributed by atoms with E-state index in [0.29, 0.717) is 38.9 Å². The molecule has 0 saturated carbocycles. The van der Waals surface area contributed by atoms with E-state index in [9.17, 15) is 29.7 Å². The minimum Gasteiger partial charge on any atom is -0.481 e. The Hall–Kier alpha value is -5.65. The molecule has 0 amide bonds. The van der Waals surface area contributed by atoms with Gasteiger partial charge >= 0.3 is 17.9 Å². The molecule has 3 heterocycles. The lowest BCUT2D eigenvalue weighted by Gasteiger charge is -2.24. The smallest absolute Gasteiger partial charge is 0.307 e. The van der Waals surface area contributed by atoms with Crippen molar-refractivity contribution >= 4 is 17.9 Å². The number of rotatable bonds is 20. The first kappa shape index (κ1) is 44.9. The molecule has 10 heteroatoms. The summed E-state index contributed by atoms with van der Waals surface area (Å²) >= 11 is 0. The summed E-state index contributed by atoms with van der Waals surface area (Å²) in [7, 11) is 0. The first-order valence-corrected chi connectivity index (χ1v) is 23.1. The molecule has 64 heavy (non-hydrogen) atoms. The summed E-state index contributed by atoms with van der Waals surface area (Å²) in [5, 5.41) is 40.4. The third-order valence-electron chi connectivity index (χ3n) is 13.9. The maximum atomic E-state index is 12.4. The minimum absolute atomic E-state index is 0.116. The van der Waals surface area contributed by atoms with Crippen molar-refractivity contribution in [1.29, 1.82) is 0 Å². The van der Waals surface area contributed by atoms with Crippen LogP contribution in [0.2, 0.25) is 0 Å². The van der Waals surface area contributed by atoms with Gasteiger partial charge in [0.1, 0.15) is 0 Å². The Kier molecular flexibility index (Phi) is 15.0. The molecule has 0 aromatic heterocycles. The molecule has 6 unspecified atom stereocenters. The molecule has 3 fully saturated rings. The largest absolute Gasteiger partial charge is 0.481 e. The lowest BCUT2D eigenvalue weighted by molar-refractivity contribution is -0.144. The highest BCUT2D eigenvalue weighted by Gasteiger charge is 2.33. The van der Waals surface area contributed by atoms with Crippen molar-refractivity contribution in [2.45, 2.75) is 58.2 Å². The van der Waals surface area contributed by atoms with Crippen molar-refractivity contribution in [1.82, 2.24) is 20.9 Å². The lowest BCUT2D eigenvalue weighted by atomic mass is 9.85. The van der Waals surface area contributed by atoms with Gasteiger partial charge in [0.25, 0.3) is 0 Å². The predicted molar refractivity (Wildman–Crippen MR) is 251 cm³/mol. The van der Waals surface area contributed by atoms with E-state index in [1.807, 2.05) is 36.4 Å². The molecule has 8 rings (SSSR count). The average molecular weight is 863 g/mol. The molecule has 0 spiro atoms. The summed E-state index contributed by atoms with van der Waals surface area (Å²) < 4.78 is 0. The standard InChI is InChI=1S/C54H62N4O6/c59-52(60)49(46-16-19-55-30-46)27-36-6-1-9-39(22-36)33-58(34-40-10-4-14-44(25-40)42-12-2-7-37(23-42)28-50(53(61)62)47-17-20-56-31-47)35-41-11-5-15-45(26-41)43-13-3-8-38(24-43)29-51(54(63)64)48-18-21-57-32-48/h1-15,22-26,46-51,55-57H,16-21,27-35H2,(H,59,60)(H,61,62)(H,63,64). The van der Waals surface area contributed by atoms with Crippen molar-refractivity contribution in [3.05, 3.63) is 155 Å². The Morgan fingerprint density at radius 2 is 0.719 bits per heavy atom. The maximum absolute atomic E-state index is 12.4. The fraction of sp³-hybridized carbons (Fsp3) is 0.389. The van der Waals surface area contributed by atoms with Gasteiger partial charge in [-0.2, -0.15) is 0 Å². The lowest BCUT2D eigenvalue weighted by Crippen LogP contribution is -2.27. The van der Waals surface area contributed by atoms with Crippen molar-refractivity contribution in [2.75, 3.05) is 39.3 Å². The molecule has 6 N–H and O–H groups in total. The fourth-order valence-corrected chi connectivity index (χ4v) is 10.4. The molecule has 0 aliphatic carbocycles. The second-order valence-electron chi connectivity index (χ2n) is 18.5. The van der Waals surface area contributed by atoms with Gasteiger partial charge in [-0.15, -0.1) is 0 Å². The van der Waals surface area contributed by atoms with E-state index in [1.54, 1.807) is 0 Å². The first-order chi connectivity index (χ1) is 31.1. The van der Waals surface area contributed by atoms with Gasteiger partial charge in [0, 0.05) is 19.6 Å². The molecule has 10 nitrogen and oxygen atoms in total. The van der Waals surface area contributed by atoms with Crippen molar-refractivity contribution < 1.29 is 29.7 Å². The Morgan fingerprint density at radius 1 is 0.438 bits per heavy atom. The minimum atomic E-state index is -0.739. The van der Waals surface area contributed by atoms with Crippen LogP contribution in [0.1, 0.15) is 52.6 Å². The number of carbonyl (C=O) groups is 3. The Bertz CT molecular complexity index is 2260. The van der Waals surface area contributed by atoms with E-state index in [1.165, 1.54) is 0 Å². The van der Waals surface area contributed by atoms with Crippen molar-refractivity contribution in [2.24, 2.45) is 35.5 Å². The number of benzene rings is 5. The molecule has 3 aliphatic rings. The molecule has 3 saturated heterocycles. The normalized spacial score (nSPS) is 20.0. The van der Waals surface area contributed by atoms with Crippen LogP contribution in [-0.4, -0.2) is 77.4 Å². The topological polar surface area (TPSA) is 151 Å². The van der Waals surface area contributed by atoms with Crippen LogP contribution in [0.25, 0.3) is 22.3 Å². The summed E-state index contributed by atoms with van der Waals surface area (Å²) in [5.41, 5.74) is 10.8. The second kappa shape index (κ2) is 21.4. The maximum Gasteiger partial charge on any atom is 0.307 e. The highest BCUT2D eigenvalue weighted by atomic mass is 16.4. The van der Waals surface area contributed by atoms with Gasteiger partial charge in [-0.25, -0.2) is 0 Å². The van der Waals surface area contributed by atoms with Gasteiger partial charge < -0.3 is 31.3 Å². The van der Waals surface area contributed by atoms with E-state index in [-0.39, 0.29) is 17.8 Å². The van der Waals surface area contributed by atoms with E-state index < -0.39 is 35.7 Å². The molecule has 5 aromatic rings. The molecule has 0 bridgehead atoms. The van der Waals surface area contributed by atoms with Crippen LogP contribution in [0.3, 0.4) is 0 Å². The fourth-order valence-electron chi connectivity index (χ4n) is 10.4. The Labute approximate surface area is 377 Å². The monoisotopic (exact) mass is 862 g/mol. The van der Waals surface area contributed by atoms with Crippen LogP contribution in [0.15, 0.2) is 121 Å². The van der Waals surface area contributed by atoms with Gasteiger partial charge in [0.2, 0.25) is 0 Å². The molecular formula is C54H62N4O6. The summed E-state index contributed by atoms with van der Waals surface area (Å²) in [5.74, 6) is -3.13. The number of nitrogens with one attached hydrogen (secondary N) is 3. The highest BCUT2D eigenvalue weighted by molar-refractivity contribution is 5.73. The number of aliphatic carboxylic acids is 3. The third-order valence-corrected chi connectivity index (χ3v) is 13.9. The van der Waals surface area contributed by atoms with Crippen LogP contribution in [-0.2, 0) is 53.3 Å². The number of carboxylic acid groups (broad SMARTS) is 3. The number of hydrogen-bond donors (Lipinski definition) is 6. The van der Waals surface area contributed by atoms with E-state index in [4.69, 9.17) is 0 Å². The summed E-state index contributed by atoms with van der Waals surface area (Å²) in [6.07, 6.45) is 4.12. The Balaban J connectivity index is 1.04. The SMILES string of the molecule is O=C(O)C(Cc1cccc(CN(Cc2cccc(-c3cccc(CC(C(=O)O)C4CCNC4)c3)c2)Cc2cccc(-c3cccc(CC(C(=O)O)C4CCNC4)c3)c2)c1)C1CCNC1. The van der Waals surface area contributed by atoms with E-state index >= 15 is 0 Å². The van der Waals surface area contributed by atoms with Gasteiger partial charge in [0.15, 0.2) is 0 Å². The van der Waals surface area contributed by atoms with E-state index in [2.05, 4.69) is 106 Å². The number of carboxylic acids is 3. The zero-order valence-corrected chi connectivity index (χ0v) is 36.6. The van der Waals surface area contributed by atoms with Gasteiger partial charge in [-0.05, 0) is 163 Å². The zero-order chi connectivity index (χ0) is 44.4. The Morgan fingerprint density at radius 3 is 1.03 bits per heavy atom. The van der Waals surface area contributed by atoms with Crippen LogP contribution in [0, 0.1) is 35.5 Å². The predicted octanol–water partition coefficient (Wildman–Crippen LogP) is 7.78. The molecule has 334 valence electrons. The summed E-state index contributed by atoms with van der Waals surface area (Å²) in [4.78, 5) is 39.5. The second-order valence-corrected chi connectivity index (χ2v) is 18.5. The molecule has 0 radical (unpaired) electrons. The number of hydrogen-bond acceptors (Lipinski definition) is 7. The molecule has 5 aromatic carbocycles. The molecular weight excluding hydrogens is 801 g/mol. The van der Waals surface area contributed by atoms with Gasteiger partial charge in [-0.3, -0.25) is 19.3 Å². The third kappa shape index (κ3) is 11.7.